The summed E-state index contributed by atoms with van der Waals surface area (Å²) < 4.78 is 225. The Hall–Kier alpha value is -6.28. The van der Waals surface area contributed by atoms with Crippen molar-refractivity contribution < 1.29 is 79.8 Å². The second kappa shape index (κ2) is 17.7. The van der Waals surface area contributed by atoms with Crippen molar-refractivity contribution in [2.24, 2.45) is 0 Å². The van der Waals surface area contributed by atoms with E-state index in [0.717, 1.165) is 66.7 Å². The number of Topliss-reactive ketones (excluding diaryl/α,β-unsaturated/α-hetero) is 2. The van der Waals surface area contributed by atoms with Crippen molar-refractivity contribution in [1.82, 2.24) is 0 Å². The van der Waals surface area contributed by atoms with E-state index in [1.54, 1.807) is 0 Å². The Labute approximate surface area is 353 Å². The highest BCUT2D eigenvalue weighted by Crippen LogP contribution is 2.57. The van der Waals surface area contributed by atoms with E-state index in [2.05, 4.69) is 5.32 Å². The first-order valence-electron chi connectivity index (χ1n) is 18.1. The zero-order valence-electron chi connectivity index (χ0n) is 32.8. The third-order valence-corrected chi connectivity index (χ3v) is 10.1. The van der Waals surface area contributed by atoms with Gasteiger partial charge in [-0.3, -0.25) is 9.59 Å². The van der Waals surface area contributed by atoms with Crippen molar-refractivity contribution in [2.45, 2.75) is 60.7 Å². The van der Waals surface area contributed by atoms with Crippen molar-refractivity contribution in [2.75, 3.05) is 23.8 Å². The van der Waals surface area contributed by atoms with Crippen molar-refractivity contribution in [3.8, 4) is 0 Å². The van der Waals surface area contributed by atoms with Gasteiger partial charge in [0.1, 0.15) is 0 Å². The summed E-state index contributed by atoms with van der Waals surface area (Å²) in [6.45, 7) is 0.545. The van der Waals surface area contributed by atoms with Gasteiger partial charge in [-0.1, -0.05) is 78.9 Å². The molecule has 0 radical (unpaired) electrons. The number of ketones is 2. The minimum Gasteiger partial charge on any atom is -0.399 e. The topological polar surface area (TPSA) is 98.2 Å². The maximum absolute atomic E-state index is 14.9. The van der Waals surface area contributed by atoms with Crippen LogP contribution < -0.4 is 16.8 Å². The van der Waals surface area contributed by atoms with Crippen LogP contribution in [-0.2, 0) is 38.7 Å². The van der Waals surface area contributed by atoms with Gasteiger partial charge >= 0.3 is 36.6 Å². The van der Waals surface area contributed by atoms with E-state index >= 15 is 0 Å². The number of nitrogens with two attached hydrogens (primary N) is 2. The second-order valence-electron chi connectivity index (χ2n) is 14.1. The average molecular weight is 928 g/mol. The molecule has 0 fully saturated rings. The Morgan fingerprint density at radius 3 is 1.08 bits per heavy atom. The zero-order valence-corrected chi connectivity index (χ0v) is 32.8. The molecule has 0 bridgehead atoms. The Bertz CT molecular complexity index is 2330. The lowest BCUT2D eigenvalue weighted by Gasteiger charge is -2.38. The van der Waals surface area contributed by atoms with Gasteiger partial charge in [-0.2, -0.15) is 70.2 Å². The normalized spacial score (nSPS) is 13.2. The van der Waals surface area contributed by atoms with Gasteiger partial charge in [0.15, 0.2) is 0 Å². The van der Waals surface area contributed by atoms with Crippen LogP contribution in [0, 0.1) is 0 Å². The van der Waals surface area contributed by atoms with Gasteiger partial charge in [0.05, 0.1) is 0 Å². The number of carbonyl (C=O) groups excluding carboxylic acids is 2. The highest BCUT2D eigenvalue weighted by molar-refractivity contribution is 5.89. The molecule has 5 rings (SSSR count). The largest absolute Gasteiger partial charge is 0.411 e. The fourth-order valence-electron chi connectivity index (χ4n) is 6.76. The molecule has 0 aliphatic carbocycles. The van der Waals surface area contributed by atoms with E-state index in [1.165, 1.54) is 7.05 Å². The van der Waals surface area contributed by atoms with Crippen LogP contribution in [0.5, 0.6) is 0 Å². The van der Waals surface area contributed by atoms with Crippen LogP contribution >= 0.6 is 0 Å². The number of halogens is 16. The summed E-state index contributed by atoms with van der Waals surface area (Å²) in [6, 6.07) is 15.0. The van der Waals surface area contributed by atoms with Crippen molar-refractivity contribution in [1.29, 1.82) is 0 Å². The van der Waals surface area contributed by atoms with E-state index in [4.69, 9.17) is 11.5 Å². The quantitative estimate of drug-likeness (QED) is 0.0905. The predicted octanol–water partition coefficient (Wildman–Crippen LogP) is 12.0. The SMILES string of the molecule is CNc1ccc(C(c2ccc(CC(=O)C(F)(F)c3cccc(C(F)(F)C(C)=O)c3)cc2)(C(F)(F)F)C(F)(F)F)cc1.Nc1ccc(C(c2ccc(N)cc2)(C(F)(F)F)C(F)(F)F)cc1. The van der Waals surface area contributed by atoms with E-state index in [1.807, 2.05) is 0 Å². The van der Waals surface area contributed by atoms with Gasteiger partial charge in [0.25, 0.3) is 0 Å². The summed E-state index contributed by atoms with van der Waals surface area (Å²) >= 11 is 0. The van der Waals surface area contributed by atoms with Crippen LogP contribution in [-0.4, -0.2) is 43.3 Å². The second-order valence-corrected chi connectivity index (χ2v) is 14.1. The molecule has 5 aromatic rings. The highest BCUT2D eigenvalue weighted by Gasteiger charge is 2.73. The monoisotopic (exact) mass is 927 g/mol. The van der Waals surface area contributed by atoms with Gasteiger partial charge in [-0.15, -0.1) is 0 Å². The number of nitrogen functional groups attached to an aromatic ring is 2. The number of alkyl halides is 16. The molecule has 5 N–H and O–H groups in total. The molecule has 0 aliphatic heterocycles. The Kier molecular flexibility index (Phi) is 13.9. The molecular formula is C43H33F16N3O2. The van der Waals surface area contributed by atoms with Crippen molar-refractivity contribution in [3.63, 3.8) is 0 Å². The Morgan fingerprint density at radius 1 is 0.453 bits per heavy atom. The number of hydrogen-bond acceptors (Lipinski definition) is 5. The number of carbonyl (C=O) groups is 2. The maximum Gasteiger partial charge on any atom is 0.411 e. The number of rotatable bonds is 11. The molecule has 64 heavy (non-hydrogen) atoms. The summed E-state index contributed by atoms with van der Waals surface area (Å²) in [4.78, 5) is 23.6. The molecule has 0 aliphatic rings. The van der Waals surface area contributed by atoms with Gasteiger partial charge in [0, 0.05) is 48.6 Å². The lowest BCUT2D eigenvalue weighted by Crippen LogP contribution is -2.54. The van der Waals surface area contributed by atoms with Gasteiger partial charge in [-0.05, 0) is 70.3 Å². The number of hydrogen-bond donors (Lipinski definition) is 3. The van der Waals surface area contributed by atoms with Crippen LogP contribution in [0.1, 0.15) is 45.9 Å². The minimum atomic E-state index is -5.89. The van der Waals surface area contributed by atoms with Crippen LogP contribution in [0.4, 0.5) is 87.3 Å². The molecule has 0 saturated heterocycles. The maximum atomic E-state index is 14.9. The van der Waals surface area contributed by atoms with Gasteiger partial charge in [-0.25, -0.2) is 0 Å². The molecule has 0 amide bonds. The highest BCUT2D eigenvalue weighted by atomic mass is 19.4. The molecule has 0 aromatic heterocycles. The standard InChI is InChI=1S/C28H21F10NO2.C15H12F6N2/c1-16(40)25(29,30)20-4-3-5-21(15-20)26(31,32)23(41)14-17-6-8-18(9-7-17)24(27(33,34)35,28(36,37)38)19-10-12-22(39-2)13-11-19;16-14(17,18)13(15(19,20)21,9-1-5-11(22)6-2-9)10-3-7-12(23)8-4-10/h3-13,15,39H,14H2,1-2H3;1-8H,22-23H2. The molecule has 0 spiro atoms. The van der Waals surface area contributed by atoms with Crippen LogP contribution in [0.25, 0.3) is 0 Å². The summed E-state index contributed by atoms with van der Waals surface area (Å²) in [7, 11) is 1.41. The number of anilines is 3. The molecule has 344 valence electrons. The summed E-state index contributed by atoms with van der Waals surface area (Å²) in [6.07, 6.45) is -24.1. The molecule has 0 unspecified atom stereocenters. The first-order chi connectivity index (χ1) is 29.3. The smallest absolute Gasteiger partial charge is 0.399 e. The Morgan fingerprint density at radius 2 is 0.766 bits per heavy atom. The van der Waals surface area contributed by atoms with E-state index in [0.29, 0.717) is 55.5 Å². The average Bonchev–Trinajstić information content (AvgIpc) is 3.18. The van der Waals surface area contributed by atoms with Crippen LogP contribution in [0.2, 0.25) is 0 Å². The fraction of sp³-hybridized carbons (Fsp3) is 0.256. The number of nitrogens with one attached hydrogen (secondary N) is 1. The predicted molar refractivity (Wildman–Crippen MR) is 204 cm³/mol. The van der Waals surface area contributed by atoms with Crippen LogP contribution in [0.3, 0.4) is 0 Å². The first-order valence-corrected chi connectivity index (χ1v) is 18.1. The Balaban J connectivity index is 0.000000329. The molecular weight excluding hydrogens is 894 g/mol. The van der Waals surface area contributed by atoms with Crippen LogP contribution in [0.15, 0.2) is 121 Å². The molecule has 0 atom stereocenters. The van der Waals surface area contributed by atoms with E-state index < -0.39 is 98.7 Å². The number of benzene rings is 5. The first kappa shape index (κ1) is 50.4. The molecule has 0 heterocycles. The van der Waals surface area contributed by atoms with Gasteiger partial charge in [0.2, 0.25) is 22.4 Å². The third-order valence-electron chi connectivity index (χ3n) is 10.1. The molecule has 21 heteroatoms. The van der Waals surface area contributed by atoms with Crippen molar-refractivity contribution >= 4 is 28.6 Å². The van der Waals surface area contributed by atoms with E-state index in [-0.39, 0.29) is 28.7 Å². The summed E-state index contributed by atoms with van der Waals surface area (Å²) in [5.41, 5.74) is -4.49. The summed E-state index contributed by atoms with van der Waals surface area (Å²) in [5.74, 6) is -12.0. The lowest BCUT2D eigenvalue weighted by molar-refractivity contribution is -0.290. The summed E-state index contributed by atoms with van der Waals surface area (Å²) in [5, 5.41) is 2.58. The zero-order chi connectivity index (χ0) is 48.5. The fourth-order valence-corrected chi connectivity index (χ4v) is 6.76. The minimum absolute atomic E-state index is 0.0595. The lowest BCUT2D eigenvalue weighted by atomic mass is 9.72. The third kappa shape index (κ3) is 9.33. The van der Waals surface area contributed by atoms with E-state index in [9.17, 15) is 79.8 Å². The van der Waals surface area contributed by atoms with Crippen molar-refractivity contribution in [3.05, 3.63) is 160 Å². The molecule has 0 saturated carbocycles. The van der Waals surface area contributed by atoms with Gasteiger partial charge < -0.3 is 16.8 Å². The molecule has 5 aromatic carbocycles. The molecule has 5 nitrogen and oxygen atoms in total.